The van der Waals surface area contributed by atoms with E-state index >= 15 is 0 Å². The molecule has 1 aliphatic heterocycles. The molecule has 0 aromatic heterocycles. The first-order valence-electron chi connectivity index (χ1n) is 5.26. The Morgan fingerprint density at radius 3 is 2.94 bits per heavy atom. The van der Waals surface area contributed by atoms with Crippen molar-refractivity contribution in [1.82, 2.24) is 0 Å². The van der Waals surface area contributed by atoms with Crippen LogP contribution in [0.1, 0.15) is 15.9 Å². The van der Waals surface area contributed by atoms with E-state index in [1.807, 2.05) is 0 Å². The van der Waals surface area contributed by atoms with Gasteiger partial charge in [0.15, 0.2) is 11.5 Å². The van der Waals surface area contributed by atoms with Crippen molar-refractivity contribution in [2.75, 3.05) is 19.5 Å². The lowest BCUT2D eigenvalue weighted by Gasteiger charge is -2.15. The van der Waals surface area contributed by atoms with Gasteiger partial charge in [0, 0.05) is 17.5 Å². The van der Waals surface area contributed by atoms with Crippen molar-refractivity contribution in [3.63, 3.8) is 0 Å². The van der Waals surface area contributed by atoms with Gasteiger partial charge in [-0.05, 0) is 18.2 Å². The van der Waals surface area contributed by atoms with Gasteiger partial charge in [-0.2, -0.15) is 13.3 Å². The van der Waals surface area contributed by atoms with Gasteiger partial charge in [0.2, 0.25) is 0 Å². The largest absolute Gasteiger partial charge is 0.337 e. The second-order valence-corrected chi connectivity index (χ2v) is 5.51. The SMILES string of the molecule is CS(=O)(=O)OCC(=O)c1ccc2c(c1)CCOO2. The highest BCUT2D eigenvalue weighted by Crippen LogP contribution is 2.24. The first-order chi connectivity index (χ1) is 8.46. The van der Waals surface area contributed by atoms with E-state index in [4.69, 9.17) is 9.78 Å². The third-order valence-electron chi connectivity index (χ3n) is 2.39. The van der Waals surface area contributed by atoms with E-state index < -0.39 is 22.5 Å². The van der Waals surface area contributed by atoms with Crippen molar-refractivity contribution in [2.24, 2.45) is 0 Å². The molecule has 0 atom stereocenters. The molecule has 2 rings (SSSR count). The molecule has 18 heavy (non-hydrogen) atoms. The van der Waals surface area contributed by atoms with Crippen LogP contribution < -0.4 is 4.89 Å². The molecule has 0 amide bonds. The van der Waals surface area contributed by atoms with Crippen molar-refractivity contribution in [2.45, 2.75) is 6.42 Å². The number of benzene rings is 1. The average Bonchev–Trinajstić information content (AvgIpc) is 2.34. The van der Waals surface area contributed by atoms with Crippen molar-refractivity contribution >= 4 is 15.9 Å². The number of hydrogen-bond acceptors (Lipinski definition) is 6. The Bertz CT molecular complexity index is 563. The molecule has 0 unspecified atom stereocenters. The van der Waals surface area contributed by atoms with Gasteiger partial charge in [-0.25, -0.2) is 0 Å². The summed E-state index contributed by atoms with van der Waals surface area (Å²) in [6.45, 7) is -0.0700. The van der Waals surface area contributed by atoms with Gasteiger partial charge in [0.1, 0.15) is 6.61 Å². The first kappa shape index (κ1) is 13.0. The minimum Gasteiger partial charge on any atom is -0.337 e. The molecule has 0 saturated carbocycles. The highest BCUT2D eigenvalue weighted by atomic mass is 32.2. The summed E-state index contributed by atoms with van der Waals surface area (Å²) in [6.07, 6.45) is 1.54. The number of fused-ring (bicyclic) bond motifs is 1. The zero-order chi connectivity index (χ0) is 13.2. The molecule has 1 aliphatic rings. The molecule has 6 nitrogen and oxygen atoms in total. The Balaban J connectivity index is 2.11. The minimum atomic E-state index is -3.61. The number of hydrogen-bond donors (Lipinski definition) is 0. The summed E-state index contributed by atoms with van der Waals surface area (Å²) in [5, 5.41) is 0. The molecule has 1 heterocycles. The quantitative estimate of drug-likeness (QED) is 0.456. The van der Waals surface area contributed by atoms with E-state index in [1.54, 1.807) is 18.2 Å². The molecule has 0 N–H and O–H groups in total. The molecule has 0 radical (unpaired) electrons. The number of carbonyl (C=O) groups is 1. The van der Waals surface area contributed by atoms with Gasteiger partial charge in [-0.3, -0.25) is 8.98 Å². The van der Waals surface area contributed by atoms with Crippen LogP contribution in [0, 0.1) is 0 Å². The first-order valence-corrected chi connectivity index (χ1v) is 7.07. The zero-order valence-electron chi connectivity index (χ0n) is 9.71. The van der Waals surface area contributed by atoms with E-state index in [0.29, 0.717) is 24.3 Å². The molecule has 0 spiro atoms. The van der Waals surface area contributed by atoms with Gasteiger partial charge in [-0.1, -0.05) is 0 Å². The third kappa shape index (κ3) is 3.28. The van der Waals surface area contributed by atoms with Crippen molar-refractivity contribution in [3.8, 4) is 5.75 Å². The predicted octanol–water partition coefficient (Wildman–Crippen LogP) is 0.712. The van der Waals surface area contributed by atoms with Gasteiger partial charge in [0.25, 0.3) is 10.1 Å². The molecule has 1 aromatic rings. The monoisotopic (exact) mass is 272 g/mol. The fraction of sp³-hybridized carbons (Fsp3) is 0.364. The van der Waals surface area contributed by atoms with Gasteiger partial charge >= 0.3 is 0 Å². The number of Topliss-reactive ketones (excluding diaryl/α,β-unsaturated/α-hetero) is 1. The second-order valence-electron chi connectivity index (χ2n) is 3.87. The average molecular weight is 272 g/mol. The maximum Gasteiger partial charge on any atom is 0.264 e. The van der Waals surface area contributed by atoms with Crippen LogP contribution in [0.2, 0.25) is 0 Å². The van der Waals surface area contributed by atoms with Crippen LogP contribution in [0.15, 0.2) is 18.2 Å². The van der Waals surface area contributed by atoms with Gasteiger partial charge in [0.05, 0.1) is 12.9 Å². The van der Waals surface area contributed by atoms with Crippen LogP contribution in [0.3, 0.4) is 0 Å². The van der Waals surface area contributed by atoms with E-state index in [-0.39, 0.29) is 0 Å². The van der Waals surface area contributed by atoms with Crippen LogP contribution in [-0.4, -0.2) is 33.7 Å². The van der Waals surface area contributed by atoms with E-state index in [1.165, 1.54) is 0 Å². The Labute approximate surface area is 105 Å². The maximum absolute atomic E-state index is 11.7. The van der Waals surface area contributed by atoms with E-state index in [0.717, 1.165) is 11.8 Å². The topological polar surface area (TPSA) is 78.9 Å². The standard InChI is InChI=1S/C11H12O6S/c1-18(13,14)16-7-10(12)8-2-3-11-9(6-8)4-5-15-17-11/h2-3,6H,4-5,7H2,1H3. The fourth-order valence-electron chi connectivity index (χ4n) is 1.53. The summed E-state index contributed by atoms with van der Waals surface area (Å²) >= 11 is 0. The molecule has 0 fully saturated rings. The summed E-state index contributed by atoms with van der Waals surface area (Å²) in [7, 11) is -3.61. The molecule has 0 saturated heterocycles. The van der Waals surface area contributed by atoms with Crippen molar-refractivity contribution in [3.05, 3.63) is 29.3 Å². The predicted molar refractivity (Wildman–Crippen MR) is 61.9 cm³/mol. The molecule has 0 aliphatic carbocycles. The molecule has 7 heteroatoms. The number of rotatable bonds is 4. The number of ketones is 1. The molecular weight excluding hydrogens is 260 g/mol. The number of carbonyl (C=O) groups excluding carboxylic acids is 1. The van der Waals surface area contributed by atoms with Crippen LogP contribution in [0.5, 0.6) is 5.75 Å². The molecule has 0 bridgehead atoms. The molecule has 1 aromatic carbocycles. The Morgan fingerprint density at radius 1 is 1.44 bits per heavy atom. The summed E-state index contributed by atoms with van der Waals surface area (Å²) in [6, 6.07) is 4.81. The Hall–Kier alpha value is -1.44. The lowest BCUT2D eigenvalue weighted by molar-refractivity contribution is -0.215. The van der Waals surface area contributed by atoms with Crippen LogP contribution in [-0.2, 0) is 25.6 Å². The third-order valence-corrected chi connectivity index (χ3v) is 2.94. The fourth-order valence-corrected chi connectivity index (χ4v) is 1.85. The highest BCUT2D eigenvalue weighted by molar-refractivity contribution is 7.86. The molecular formula is C11H12O6S. The highest BCUT2D eigenvalue weighted by Gasteiger charge is 2.16. The van der Waals surface area contributed by atoms with Crippen LogP contribution in [0.4, 0.5) is 0 Å². The summed E-state index contributed by atoms with van der Waals surface area (Å²) in [5.74, 6) is 0.177. The smallest absolute Gasteiger partial charge is 0.264 e. The van der Waals surface area contributed by atoms with Crippen molar-refractivity contribution < 1.29 is 27.2 Å². The molecule has 98 valence electrons. The van der Waals surface area contributed by atoms with Gasteiger partial charge in [-0.15, -0.1) is 0 Å². The Kier molecular flexibility index (Phi) is 3.65. The van der Waals surface area contributed by atoms with Crippen LogP contribution in [0.25, 0.3) is 0 Å². The zero-order valence-corrected chi connectivity index (χ0v) is 10.5. The lowest BCUT2D eigenvalue weighted by atomic mass is 10.0. The minimum absolute atomic E-state index is 0.392. The van der Waals surface area contributed by atoms with Crippen LogP contribution >= 0.6 is 0 Å². The van der Waals surface area contributed by atoms with Gasteiger partial charge < -0.3 is 4.89 Å². The summed E-state index contributed by atoms with van der Waals surface area (Å²) < 4.78 is 26.0. The maximum atomic E-state index is 11.7. The van der Waals surface area contributed by atoms with E-state index in [9.17, 15) is 13.2 Å². The lowest BCUT2D eigenvalue weighted by Crippen LogP contribution is -2.15. The normalized spacial score (nSPS) is 14.7. The Morgan fingerprint density at radius 2 is 2.22 bits per heavy atom. The summed E-state index contributed by atoms with van der Waals surface area (Å²) in [4.78, 5) is 21.4. The summed E-state index contributed by atoms with van der Waals surface area (Å²) in [5.41, 5.74) is 1.24. The van der Waals surface area contributed by atoms with Crippen molar-refractivity contribution in [1.29, 1.82) is 0 Å². The second kappa shape index (κ2) is 5.05. The van der Waals surface area contributed by atoms with E-state index in [2.05, 4.69) is 4.18 Å².